The monoisotopic (exact) mass is 403 g/mol. The van der Waals surface area contributed by atoms with Crippen molar-refractivity contribution in [3.63, 3.8) is 0 Å². The first kappa shape index (κ1) is 19.7. The van der Waals surface area contributed by atoms with Gasteiger partial charge in [-0.05, 0) is 55.7 Å². The molecule has 4 rings (SSSR count). The third kappa shape index (κ3) is 4.51. The molecular weight excluding hydrogens is 378 g/mol. The highest BCUT2D eigenvalue weighted by Crippen LogP contribution is 2.15. The van der Waals surface area contributed by atoms with Crippen LogP contribution in [0.5, 0.6) is 0 Å². The zero-order valence-electron chi connectivity index (χ0n) is 17.0. The molecule has 7 heteroatoms. The van der Waals surface area contributed by atoms with Crippen LogP contribution in [0, 0.1) is 6.92 Å². The van der Waals surface area contributed by atoms with E-state index in [-0.39, 0.29) is 11.9 Å². The average molecular weight is 403 g/mol. The molecule has 0 unspecified atom stereocenters. The largest absolute Gasteiger partial charge is 0.347 e. The van der Waals surface area contributed by atoms with Gasteiger partial charge in [0.05, 0.1) is 5.69 Å². The number of hydrogen-bond acceptors (Lipinski definition) is 3. The maximum Gasteiger partial charge on any atom is 0.321 e. The summed E-state index contributed by atoms with van der Waals surface area (Å²) in [6.07, 6.45) is 2.11. The molecule has 0 atom stereocenters. The number of carbonyl (C=O) groups excluding carboxylic acids is 2. The van der Waals surface area contributed by atoms with E-state index < -0.39 is 0 Å². The highest BCUT2D eigenvalue weighted by Gasteiger charge is 2.18. The van der Waals surface area contributed by atoms with Crippen LogP contribution < -0.4 is 10.6 Å². The fourth-order valence-corrected chi connectivity index (χ4v) is 3.57. The summed E-state index contributed by atoms with van der Waals surface area (Å²) in [4.78, 5) is 26.7. The summed E-state index contributed by atoms with van der Waals surface area (Å²) in [5.41, 5.74) is 3.80. The van der Waals surface area contributed by atoms with E-state index in [4.69, 9.17) is 0 Å². The Morgan fingerprint density at radius 2 is 1.77 bits per heavy atom. The van der Waals surface area contributed by atoms with Crippen LogP contribution >= 0.6 is 0 Å². The van der Waals surface area contributed by atoms with Crippen molar-refractivity contribution >= 4 is 17.6 Å². The van der Waals surface area contributed by atoms with Crippen molar-refractivity contribution in [2.75, 3.05) is 18.4 Å². The number of likely N-dealkylation sites (tertiary alicyclic amines) is 1. The number of nitrogens with zero attached hydrogens (tertiary/aromatic N) is 3. The first-order valence-electron chi connectivity index (χ1n) is 10.2. The first-order valence-corrected chi connectivity index (χ1v) is 10.2. The fourth-order valence-electron chi connectivity index (χ4n) is 3.57. The maximum atomic E-state index is 12.6. The minimum atomic E-state index is -0.237. The van der Waals surface area contributed by atoms with Crippen LogP contribution in [0.4, 0.5) is 10.5 Å². The van der Waals surface area contributed by atoms with Crippen molar-refractivity contribution in [3.05, 3.63) is 77.6 Å². The summed E-state index contributed by atoms with van der Waals surface area (Å²) >= 11 is 0. The van der Waals surface area contributed by atoms with Crippen LogP contribution in [0.1, 0.15) is 34.6 Å². The molecule has 1 aliphatic heterocycles. The van der Waals surface area contributed by atoms with Gasteiger partial charge < -0.3 is 15.5 Å². The van der Waals surface area contributed by atoms with Gasteiger partial charge in [-0.2, -0.15) is 5.10 Å². The summed E-state index contributed by atoms with van der Waals surface area (Å²) in [6.45, 7) is 3.88. The fraction of sp³-hybridized carbons (Fsp3) is 0.261. The Labute approximate surface area is 175 Å². The molecule has 0 spiro atoms. The van der Waals surface area contributed by atoms with Crippen molar-refractivity contribution in [1.82, 2.24) is 20.0 Å². The van der Waals surface area contributed by atoms with E-state index in [0.717, 1.165) is 48.6 Å². The molecule has 30 heavy (non-hydrogen) atoms. The Hall–Kier alpha value is -3.61. The molecule has 3 aromatic rings. The molecule has 1 fully saturated rings. The molecule has 0 radical (unpaired) electrons. The van der Waals surface area contributed by atoms with Gasteiger partial charge in [-0.15, -0.1) is 0 Å². The SMILES string of the molecule is Cc1cc(C(=O)NCc2cccc(NC(=O)N3CCCC3)c2)nn1-c1ccccc1. The summed E-state index contributed by atoms with van der Waals surface area (Å²) in [5, 5.41) is 10.3. The standard InChI is InChI=1S/C23H25N5O2/c1-17-14-21(26-28(17)20-10-3-2-4-11-20)22(29)24-16-18-8-7-9-19(15-18)25-23(30)27-12-5-6-13-27/h2-4,7-11,14-15H,5-6,12-13,16H2,1H3,(H,24,29)(H,25,30). The number of urea groups is 1. The van der Waals surface area contributed by atoms with E-state index in [1.807, 2.05) is 66.4 Å². The number of amides is 3. The molecule has 2 heterocycles. The Morgan fingerprint density at radius 3 is 2.53 bits per heavy atom. The summed E-state index contributed by atoms with van der Waals surface area (Å²) < 4.78 is 1.75. The van der Waals surface area contributed by atoms with E-state index in [9.17, 15) is 9.59 Å². The van der Waals surface area contributed by atoms with E-state index in [0.29, 0.717) is 12.2 Å². The second kappa shape index (κ2) is 8.82. The van der Waals surface area contributed by atoms with Crippen LogP contribution in [0.3, 0.4) is 0 Å². The lowest BCUT2D eigenvalue weighted by Gasteiger charge is -2.16. The highest BCUT2D eigenvalue weighted by atomic mass is 16.2. The second-order valence-corrected chi connectivity index (χ2v) is 7.43. The Kier molecular flexibility index (Phi) is 5.79. The minimum Gasteiger partial charge on any atom is -0.347 e. The van der Waals surface area contributed by atoms with Crippen molar-refractivity contribution in [2.24, 2.45) is 0 Å². The number of benzene rings is 2. The number of nitrogens with one attached hydrogen (secondary N) is 2. The van der Waals surface area contributed by atoms with Gasteiger partial charge >= 0.3 is 6.03 Å². The summed E-state index contributed by atoms with van der Waals surface area (Å²) in [6, 6.07) is 18.9. The zero-order valence-corrected chi connectivity index (χ0v) is 17.0. The average Bonchev–Trinajstić information content (AvgIpc) is 3.43. The predicted octanol–water partition coefficient (Wildman–Crippen LogP) is 3.74. The Bertz CT molecular complexity index is 1040. The summed E-state index contributed by atoms with van der Waals surface area (Å²) in [7, 11) is 0. The normalized spacial score (nSPS) is 13.3. The van der Waals surface area contributed by atoms with Gasteiger partial charge in [0.2, 0.25) is 0 Å². The van der Waals surface area contributed by atoms with Crippen LogP contribution in [-0.2, 0) is 6.54 Å². The van der Waals surface area contributed by atoms with Gasteiger partial charge in [-0.1, -0.05) is 30.3 Å². The van der Waals surface area contributed by atoms with Crippen LogP contribution in [0.25, 0.3) is 5.69 Å². The molecular formula is C23H25N5O2. The maximum absolute atomic E-state index is 12.6. The number of hydrogen-bond donors (Lipinski definition) is 2. The molecule has 154 valence electrons. The van der Waals surface area contributed by atoms with Gasteiger partial charge in [-0.25, -0.2) is 9.48 Å². The molecule has 1 aliphatic rings. The van der Waals surface area contributed by atoms with Gasteiger partial charge in [0.1, 0.15) is 0 Å². The van der Waals surface area contributed by atoms with Gasteiger partial charge in [0.25, 0.3) is 5.91 Å². The molecule has 0 bridgehead atoms. The number of carbonyl (C=O) groups is 2. The Morgan fingerprint density at radius 1 is 1.00 bits per heavy atom. The Balaban J connectivity index is 1.38. The molecule has 2 aromatic carbocycles. The predicted molar refractivity (Wildman–Crippen MR) is 116 cm³/mol. The third-order valence-corrected chi connectivity index (χ3v) is 5.15. The van der Waals surface area contributed by atoms with E-state index >= 15 is 0 Å². The van der Waals surface area contributed by atoms with Crippen molar-refractivity contribution in [1.29, 1.82) is 0 Å². The van der Waals surface area contributed by atoms with Gasteiger partial charge in [0.15, 0.2) is 5.69 Å². The number of aryl methyl sites for hydroxylation is 1. The second-order valence-electron chi connectivity index (χ2n) is 7.43. The van der Waals surface area contributed by atoms with Crippen molar-refractivity contribution in [3.8, 4) is 5.69 Å². The number of anilines is 1. The molecule has 3 amide bonds. The van der Waals surface area contributed by atoms with E-state index in [1.165, 1.54) is 0 Å². The lowest BCUT2D eigenvalue weighted by atomic mass is 10.2. The van der Waals surface area contributed by atoms with Crippen LogP contribution in [0.2, 0.25) is 0 Å². The topological polar surface area (TPSA) is 79.3 Å². The number of para-hydroxylation sites is 1. The molecule has 0 aliphatic carbocycles. The van der Waals surface area contributed by atoms with Gasteiger partial charge in [0, 0.05) is 31.0 Å². The van der Waals surface area contributed by atoms with Crippen LogP contribution in [0.15, 0.2) is 60.7 Å². The zero-order chi connectivity index (χ0) is 20.9. The quantitative estimate of drug-likeness (QED) is 0.681. The number of aromatic nitrogens is 2. The van der Waals surface area contributed by atoms with E-state index in [1.54, 1.807) is 10.7 Å². The molecule has 1 aromatic heterocycles. The molecule has 1 saturated heterocycles. The number of rotatable bonds is 5. The van der Waals surface area contributed by atoms with Crippen molar-refractivity contribution in [2.45, 2.75) is 26.3 Å². The first-order chi connectivity index (χ1) is 14.6. The highest BCUT2D eigenvalue weighted by molar-refractivity contribution is 5.92. The third-order valence-electron chi connectivity index (χ3n) is 5.15. The lowest BCUT2D eigenvalue weighted by molar-refractivity contribution is 0.0945. The summed E-state index contributed by atoms with van der Waals surface area (Å²) in [5.74, 6) is -0.237. The van der Waals surface area contributed by atoms with Crippen molar-refractivity contribution < 1.29 is 9.59 Å². The lowest BCUT2D eigenvalue weighted by Crippen LogP contribution is -2.32. The van der Waals surface area contributed by atoms with E-state index in [2.05, 4.69) is 15.7 Å². The van der Waals surface area contributed by atoms with Crippen LogP contribution in [-0.4, -0.2) is 39.7 Å². The minimum absolute atomic E-state index is 0.0735. The molecule has 0 saturated carbocycles. The van der Waals surface area contributed by atoms with Gasteiger partial charge in [-0.3, -0.25) is 4.79 Å². The molecule has 2 N–H and O–H groups in total. The molecule has 7 nitrogen and oxygen atoms in total. The smallest absolute Gasteiger partial charge is 0.321 e.